The van der Waals surface area contributed by atoms with Crippen molar-refractivity contribution in [1.82, 2.24) is 0 Å². The molecule has 0 atom stereocenters. The average molecular weight is 268 g/mol. The first-order chi connectivity index (χ1) is 8.77. The van der Waals surface area contributed by atoms with E-state index in [1.807, 2.05) is 13.0 Å². The van der Waals surface area contributed by atoms with E-state index in [4.69, 9.17) is 4.74 Å². The number of rotatable bonds is 9. The van der Waals surface area contributed by atoms with Gasteiger partial charge in [-0.1, -0.05) is 39.0 Å². The molecule has 102 valence electrons. The van der Waals surface area contributed by atoms with Gasteiger partial charge >= 0.3 is 5.97 Å². The Bertz CT molecular complexity index is 344. The maximum Gasteiger partial charge on any atom is 0.348 e. The van der Waals surface area contributed by atoms with Crippen molar-refractivity contribution in [2.45, 2.75) is 58.8 Å². The first-order valence-electron chi connectivity index (χ1n) is 7.03. The monoisotopic (exact) mass is 268 g/mol. The second-order valence-corrected chi connectivity index (χ2v) is 5.67. The summed E-state index contributed by atoms with van der Waals surface area (Å²) >= 11 is 1.57. The predicted molar refractivity (Wildman–Crippen MR) is 77.4 cm³/mol. The number of esters is 1. The Labute approximate surface area is 114 Å². The molecule has 0 unspecified atom stereocenters. The lowest BCUT2D eigenvalue weighted by Crippen LogP contribution is -2.01. The van der Waals surface area contributed by atoms with Crippen molar-refractivity contribution in [2.24, 2.45) is 0 Å². The van der Waals surface area contributed by atoms with Crippen LogP contribution in [-0.2, 0) is 11.2 Å². The van der Waals surface area contributed by atoms with Gasteiger partial charge in [0.25, 0.3) is 0 Å². The molecule has 0 saturated carbocycles. The Kier molecular flexibility index (Phi) is 7.74. The number of hydrogen-bond donors (Lipinski definition) is 0. The van der Waals surface area contributed by atoms with Gasteiger partial charge in [-0.25, -0.2) is 4.79 Å². The lowest BCUT2D eigenvalue weighted by Gasteiger charge is -1.99. The van der Waals surface area contributed by atoms with Crippen molar-refractivity contribution in [3.63, 3.8) is 0 Å². The lowest BCUT2D eigenvalue weighted by molar-refractivity contribution is 0.0532. The summed E-state index contributed by atoms with van der Waals surface area (Å²) in [5.41, 5.74) is 0. The maximum absolute atomic E-state index is 11.5. The van der Waals surface area contributed by atoms with Gasteiger partial charge in [-0.15, -0.1) is 11.3 Å². The number of carbonyl (C=O) groups is 1. The van der Waals surface area contributed by atoms with Gasteiger partial charge in [0.15, 0.2) is 0 Å². The summed E-state index contributed by atoms with van der Waals surface area (Å²) in [4.78, 5) is 13.5. The molecule has 0 fully saturated rings. The van der Waals surface area contributed by atoms with Crippen LogP contribution < -0.4 is 0 Å². The van der Waals surface area contributed by atoms with E-state index in [1.165, 1.54) is 43.4 Å². The molecule has 0 aliphatic heterocycles. The number of aryl methyl sites for hydroxylation is 1. The van der Waals surface area contributed by atoms with Crippen molar-refractivity contribution < 1.29 is 9.53 Å². The Morgan fingerprint density at radius 1 is 1.11 bits per heavy atom. The summed E-state index contributed by atoms with van der Waals surface area (Å²) in [7, 11) is 0. The van der Waals surface area contributed by atoms with Crippen LogP contribution in [0.2, 0.25) is 0 Å². The zero-order valence-corrected chi connectivity index (χ0v) is 12.4. The van der Waals surface area contributed by atoms with Crippen LogP contribution in [0.4, 0.5) is 0 Å². The molecule has 0 N–H and O–H groups in total. The summed E-state index contributed by atoms with van der Waals surface area (Å²) in [6.45, 7) is 4.52. The van der Waals surface area contributed by atoms with Crippen LogP contribution >= 0.6 is 11.3 Å². The quantitative estimate of drug-likeness (QED) is 0.474. The van der Waals surface area contributed by atoms with Gasteiger partial charge in [-0.2, -0.15) is 0 Å². The van der Waals surface area contributed by atoms with Crippen LogP contribution in [-0.4, -0.2) is 12.6 Å². The molecule has 1 heterocycles. The molecule has 0 radical (unpaired) electrons. The summed E-state index contributed by atoms with van der Waals surface area (Å²) in [6, 6.07) is 3.94. The zero-order valence-electron chi connectivity index (χ0n) is 11.5. The fourth-order valence-electron chi connectivity index (χ4n) is 1.90. The minimum atomic E-state index is -0.184. The average Bonchev–Trinajstić information content (AvgIpc) is 2.83. The maximum atomic E-state index is 11.5. The Hall–Kier alpha value is -0.830. The van der Waals surface area contributed by atoms with E-state index < -0.39 is 0 Å². The van der Waals surface area contributed by atoms with E-state index in [0.29, 0.717) is 6.61 Å². The molecule has 18 heavy (non-hydrogen) atoms. The molecule has 0 aliphatic rings. The van der Waals surface area contributed by atoms with E-state index in [-0.39, 0.29) is 5.97 Å². The van der Waals surface area contributed by atoms with Crippen LogP contribution in [0.3, 0.4) is 0 Å². The molecule has 0 aliphatic carbocycles. The molecular weight excluding hydrogens is 244 g/mol. The topological polar surface area (TPSA) is 26.3 Å². The predicted octanol–water partition coefficient (Wildman–Crippen LogP) is 4.83. The first kappa shape index (κ1) is 15.2. The zero-order chi connectivity index (χ0) is 13.2. The van der Waals surface area contributed by atoms with Gasteiger partial charge in [0.2, 0.25) is 0 Å². The van der Waals surface area contributed by atoms with Gasteiger partial charge < -0.3 is 4.74 Å². The number of unbranched alkanes of at least 4 members (excludes halogenated alkanes) is 5. The minimum absolute atomic E-state index is 0.184. The third kappa shape index (κ3) is 5.67. The highest BCUT2D eigenvalue weighted by Gasteiger charge is 2.09. The standard InChI is InChI=1S/C15H24O2S/c1-3-5-6-7-8-9-10-13-11-12-14(18-13)15(16)17-4-2/h11-12H,3-10H2,1-2H3. The lowest BCUT2D eigenvalue weighted by atomic mass is 10.1. The van der Waals surface area contributed by atoms with E-state index in [9.17, 15) is 4.79 Å². The second-order valence-electron chi connectivity index (χ2n) is 4.50. The van der Waals surface area contributed by atoms with E-state index in [1.54, 1.807) is 11.3 Å². The molecular formula is C15H24O2S. The molecule has 0 amide bonds. The Morgan fingerprint density at radius 2 is 1.83 bits per heavy atom. The van der Waals surface area contributed by atoms with Crippen molar-refractivity contribution in [3.05, 3.63) is 21.9 Å². The van der Waals surface area contributed by atoms with Crippen LogP contribution in [0, 0.1) is 0 Å². The normalized spacial score (nSPS) is 10.6. The van der Waals surface area contributed by atoms with Gasteiger partial charge in [-0.05, 0) is 31.9 Å². The third-order valence-corrected chi connectivity index (χ3v) is 4.04. The molecule has 1 aromatic rings. The third-order valence-electron chi connectivity index (χ3n) is 2.91. The number of hydrogen-bond acceptors (Lipinski definition) is 3. The number of thiophene rings is 1. The fourth-order valence-corrected chi connectivity index (χ4v) is 2.85. The van der Waals surface area contributed by atoms with Gasteiger partial charge in [0.05, 0.1) is 6.61 Å². The van der Waals surface area contributed by atoms with Gasteiger partial charge in [0.1, 0.15) is 4.88 Å². The fraction of sp³-hybridized carbons (Fsp3) is 0.667. The molecule has 1 aromatic heterocycles. The van der Waals surface area contributed by atoms with Crippen molar-refractivity contribution >= 4 is 17.3 Å². The van der Waals surface area contributed by atoms with Crippen molar-refractivity contribution in [1.29, 1.82) is 0 Å². The van der Waals surface area contributed by atoms with E-state index >= 15 is 0 Å². The van der Waals surface area contributed by atoms with Crippen LogP contribution in [0.5, 0.6) is 0 Å². The molecule has 0 saturated heterocycles. The smallest absolute Gasteiger partial charge is 0.348 e. The SMILES string of the molecule is CCCCCCCCc1ccc(C(=O)OCC)s1. The highest BCUT2D eigenvalue weighted by Crippen LogP contribution is 2.20. The van der Waals surface area contributed by atoms with Crippen molar-refractivity contribution in [3.8, 4) is 0 Å². The first-order valence-corrected chi connectivity index (χ1v) is 7.85. The van der Waals surface area contributed by atoms with Crippen LogP contribution in [0.1, 0.15) is 66.9 Å². The summed E-state index contributed by atoms with van der Waals surface area (Å²) in [5.74, 6) is -0.184. The highest BCUT2D eigenvalue weighted by atomic mass is 32.1. The summed E-state index contributed by atoms with van der Waals surface area (Å²) in [5, 5.41) is 0. The van der Waals surface area contributed by atoms with Gasteiger partial charge in [0, 0.05) is 4.88 Å². The van der Waals surface area contributed by atoms with Crippen molar-refractivity contribution in [2.75, 3.05) is 6.61 Å². The van der Waals surface area contributed by atoms with Gasteiger partial charge in [-0.3, -0.25) is 0 Å². The Balaban J connectivity index is 2.21. The largest absolute Gasteiger partial charge is 0.462 e. The van der Waals surface area contributed by atoms with E-state index in [0.717, 1.165) is 11.3 Å². The second kappa shape index (κ2) is 9.15. The van der Waals surface area contributed by atoms with Crippen LogP contribution in [0.15, 0.2) is 12.1 Å². The molecule has 1 rings (SSSR count). The van der Waals surface area contributed by atoms with E-state index in [2.05, 4.69) is 13.0 Å². The molecule has 0 aromatic carbocycles. The molecule has 2 nitrogen and oxygen atoms in total. The summed E-state index contributed by atoms with van der Waals surface area (Å²) in [6.07, 6.45) is 8.97. The number of carbonyl (C=O) groups excluding carboxylic acids is 1. The minimum Gasteiger partial charge on any atom is -0.462 e. The highest BCUT2D eigenvalue weighted by molar-refractivity contribution is 7.13. The Morgan fingerprint density at radius 3 is 2.56 bits per heavy atom. The number of ether oxygens (including phenoxy) is 1. The van der Waals surface area contributed by atoms with Crippen LogP contribution in [0.25, 0.3) is 0 Å². The summed E-state index contributed by atoms with van der Waals surface area (Å²) < 4.78 is 4.98. The molecule has 0 spiro atoms. The molecule has 0 bridgehead atoms. The molecule has 3 heteroatoms.